The first kappa shape index (κ1) is 14.7. The maximum Gasteiger partial charge on any atom is 0.322 e. The number of ether oxygens (including phenoxy) is 1. The molecule has 0 aliphatic carbocycles. The molecule has 8 heteroatoms. The van der Waals surface area contributed by atoms with Gasteiger partial charge in [0.2, 0.25) is 0 Å². The van der Waals surface area contributed by atoms with Crippen LogP contribution in [0.25, 0.3) is 0 Å². The average Bonchev–Trinajstić information content (AvgIpc) is 3.26. The molecule has 124 valence electrons. The zero-order valence-corrected chi connectivity index (χ0v) is 13.1. The highest BCUT2D eigenvalue weighted by molar-refractivity contribution is 6.07. The van der Waals surface area contributed by atoms with Crippen LogP contribution in [0.4, 0.5) is 4.79 Å². The van der Waals surface area contributed by atoms with E-state index in [1.807, 2.05) is 18.2 Å². The lowest BCUT2D eigenvalue weighted by Crippen LogP contribution is -2.51. The maximum absolute atomic E-state index is 12.5. The maximum atomic E-state index is 12.5. The number of H-pyrrole nitrogens is 1. The molecule has 4 rings (SSSR count). The smallest absolute Gasteiger partial charge is 0.322 e. The second-order valence-electron chi connectivity index (χ2n) is 6.06. The van der Waals surface area contributed by atoms with Gasteiger partial charge < -0.3 is 10.1 Å². The zero-order chi connectivity index (χ0) is 16.7. The van der Waals surface area contributed by atoms with Crippen LogP contribution in [-0.2, 0) is 23.4 Å². The van der Waals surface area contributed by atoms with Crippen LogP contribution in [0.3, 0.4) is 0 Å². The highest BCUT2D eigenvalue weighted by Gasteiger charge is 2.50. The molecule has 1 aromatic carbocycles. The fraction of sp³-hybridized carbons (Fsp3) is 0.312. The van der Waals surface area contributed by atoms with Crippen LogP contribution in [0.5, 0.6) is 5.75 Å². The van der Waals surface area contributed by atoms with Crippen molar-refractivity contribution in [3.8, 4) is 5.75 Å². The topological polar surface area (TPSA) is 99.3 Å². The van der Waals surface area contributed by atoms with Gasteiger partial charge in [-0.3, -0.25) is 20.1 Å². The lowest BCUT2D eigenvalue weighted by molar-refractivity contribution is -0.125. The summed E-state index contributed by atoms with van der Waals surface area (Å²) in [6.07, 6.45) is 1.57. The van der Waals surface area contributed by atoms with Crippen molar-refractivity contribution in [2.75, 3.05) is 13.7 Å². The van der Waals surface area contributed by atoms with Crippen LogP contribution >= 0.6 is 0 Å². The van der Waals surface area contributed by atoms with E-state index in [4.69, 9.17) is 4.74 Å². The van der Waals surface area contributed by atoms with Crippen molar-refractivity contribution in [1.82, 2.24) is 25.7 Å². The fourth-order valence-electron chi connectivity index (χ4n) is 3.39. The Balaban J connectivity index is 1.61. The third-order valence-corrected chi connectivity index (χ3v) is 4.56. The zero-order valence-electron chi connectivity index (χ0n) is 13.1. The largest absolute Gasteiger partial charge is 0.497 e. The SMILES string of the molecule is COc1ccc2c(c1)CN(C[C@@]1(c3ccn[nH]3)NC(=O)NC1=O)C2. The van der Waals surface area contributed by atoms with E-state index in [0.29, 0.717) is 25.3 Å². The number of fused-ring (bicyclic) bond motifs is 1. The number of hydrogen-bond acceptors (Lipinski definition) is 5. The predicted molar refractivity (Wildman–Crippen MR) is 84.0 cm³/mol. The number of benzene rings is 1. The normalized spacial score (nSPS) is 23.0. The van der Waals surface area contributed by atoms with Crippen molar-refractivity contribution in [2.45, 2.75) is 18.6 Å². The Bertz CT molecular complexity index is 804. The molecule has 8 nitrogen and oxygen atoms in total. The number of methoxy groups -OCH3 is 1. The molecule has 3 amide bonds. The monoisotopic (exact) mass is 327 g/mol. The number of nitrogens with one attached hydrogen (secondary N) is 3. The Morgan fingerprint density at radius 3 is 2.75 bits per heavy atom. The molecule has 3 heterocycles. The molecule has 0 spiro atoms. The van der Waals surface area contributed by atoms with Gasteiger partial charge in [-0.15, -0.1) is 0 Å². The van der Waals surface area contributed by atoms with Crippen molar-refractivity contribution in [3.63, 3.8) is 0 Å². The summed E-state index contributed by atoms with van der Waals surface area (Å²) in [6.45, 7) is 1.74. The Labute approximate surface area is 138 Å². The molecule has 2 aliphatic heterocycles. The summed E-state index contributed by atoms with van der Waals surface area (Å²) in [7, 11) is 1.64. The second kappa shape index (κ2) is 5.34. The predicted octanol–water partition coefficient (Wildman–Crippen LogP) is 0.469. The number of aromatic nitrogens is 2. The average molecular weight is 327 g/mol. The number of amides is 3. The lowest BCUT2D eigenvalue weighted by Gasteiger charge is -2.29. The van der Waals surface area contributed by atoms with Crippen molar-refractivity contribution >= 4 is 11.9 Å². The van der Waals surface area contributed by atoms with Crippen LogP contribution in [0, 0.1) is 0 Å². The first-order valence-corrected chi connectivity index (χ1v) is 7.62. The summed E-state index contributed by atoms with van der Waals surface area (Å²) < 4.78 is 5.27. The minimum Gasteiger partial charge on any atom is -0.497 e. The number of nitrogens with zero attached hydrogens (tertiary/aromatic N) is 2. The summed E-state index contributed by atoms with van der Waals surface area (Å²) >= 11 is 0. The molecule has 1 saturated heterocycles. The Kier molecular flexibility index (Phi) is 3.27. The van der Waals surface area contributed by atoms with Crippen LogP contribution in [-0.4, -0.2) is 40.7 Å². The molecule has 3 N–H and O–H groups in total. The van der Waals surface area contributed by atoms with E-state index in [9.17, 15) is 9.59 Å². The van der Waals surface area contributed by atoms with Gasteiger partial charge in [0.15, 0.2) is 5.54 Å². The highest BCUT2D eigenvalue weighted by atomic mass is 16.5. The van der Waals surface area contributed by atoms with Gasteiger partial charge >= 0.3 is 6.03 Å². The minimum atomic E-state index is -1.15. The third-order valence-electron chi connectivity index (χ3n) is 4.56. The number of rotatable bonds is 4. The molecular formula is C16H17N5O3. The van der Waals surface area contributed by atoms with E-state index in [2.05, 4.69) is 25.7 Å². The fourth-order valence-corrected chi connectivity index (χ4v) is 3.39. The van der Waals surface area contributed by atoms with Crippen LogP contribution in [0.2, 0.25) is 0 Å². The number of carbonyl (C=O) groups is 2. The Morgan fingerprint density at radius 1 is 1.25 bits per heavy atom. The quantitative estimate of drug-likeness (QED) is 0.709. The van der Waals surface area contributed by atoms with E-state index in [0.717, 1.165) is 5.75 Å². The van der Waals surface area contributed by atoms with Crippen LogP contribution in [0.15, 0.2) is 30.5 Å². The van der Waals surface area contributed by atoms with E-state index in [1.54, 1.807) is 19.4 Å². The van der Waals surface area contributed by atoms with Gasteiger partial charge in [0.05, 0.1) is 12.8 Å². The summed E-state index contributed by atoms with van der Waals surface area (Å²) in [6, 6.07) is 7.18. The molecule has 0 unspecified atom stereocenters. The van der Waals surface area contributed by atoms with E-state index < -0.39 is 11.6 Å². The first-order valence-electron chi connectivity index (χ1n) is 7.62. The summed E-state index contributed by atoms with van der Waals surface area (Å²) in [4.78, 5) is 26.3. The standard InChI is InChI=1S/C16H17N5O3/c1-24-12-3-2-10-7-21(8-11(10)6-12)9-16(13-4-5-17-20-13)14(22)18-15(23)19-16/h2-6H,7-9H2,1H3,(H,17,20)(H2,18,19,22,23)/t16-/m0/s1. The number of urea groups is 1. The van der Waals surface area contributed by atoms with Crippen LogP contribution < -0.4 is 15.4 Å². The first-order chi connectivity index (χ1) is 11.6. The van der Waals surface area contributed by atoms with E-state index >= 15 is 0 Å². The van der Waals surface area contributed by atoms with E-state index in [-0.39, 0.29) is 5.91 Å². The van der Waals surface area contributed by atoms with Crippen molar-refractivity contribution in [2.24, 2.45) is 0 Å². The summed E-state index contributed by atoms with van der Waals surface area (Å²) in [5.41, 5.74) is 1.78. The highest BCUT2D eigenvalue weighted by Crippen LogP contribution is 2.31. The summed E-state index contributed by atoms with van der Waals surface area (Å²) in [5.74, 6) is 0.441. The van der Waals surface area contributed by atoms with Crippen molar-refractivity contribution in [3.05, 3.63) is 47.3 Å². The van der Waals surface area contributed by atoms with Gasteiger partial charge in [-0.25, -0.2) is 4.79 Å². The summed E-state index contributed by atoms with van der Waals surface area (Å²) in [5, 5.41) is 11.8. The van der Waals surface area contributed by atoms with Crippen LogP contribution in [0.1, 0.15) is 16.8 Å². The van der Waals surface area contributed by atoms with Crippen molar-refractivity contribution < 1.29 is 14.3 Å². The number of hydrogen-bond donors (Lipinski definition) is 3. The van der Waals surface area contributed by atoms with Gasteiger partial charge in [-0.2, -0.15) is 5.10 Å². The van der Waals surface area contributed by atoms with E-state index in [1.165, 1.54) is 11.1 Å². The van der Waals surface area contributed by atoms with Gasteiger partial charge in [0, 0.05) is 25.8 Å². The second-order valence-corrected chi connectivity index (χ2v) is 6.06. The molecular weight excluding hydrogens is 310 g/mol. The van der Waals surface area contributed by atoms with Crippen molar-refractivity contribution in [1.29, 1.82) is 0 Å². The molecule has 2 aromatic rings. The molecule has 24 heavy (non-hydrogen) atoms. The third kappa shape index (κ3) is 2.23. The number of imide groups is 1. The Hall–Kier alpha value is -2.87. The van der Waals surface area contributed by atoms with Gasteiger partial charge in [0.1, 0.15) is 5.75 Å². The molecule has 1 fully saturated rings. The molecule has 1 aromatic heterocycles. The molecule has 0 bridgehead atoms. The van der Waals surface area contributed by atoms with Gasteiger partial charge in [-0.05, 0) is 29.3 Å². The lowest BCUT2D eigenvalue weighted by atomic mass is 9.94. The number of aromatic amines is 1. The molecule has 0 saturated carbocycles. The molecule has 0 radical (unpaired) electrons. The number of carbonyl (C=O) groups excluding carboxylic acids is 2. The Morgan fingerprint density at radius 2 is 2.08 bits per heavy atom. The molecule has 1 atom stereocenters. The van der Waals surface area contributed by atoms with Gasteiger partial charge in [-0.1, -0.05) is 6.07 Å². The van der Waals surface area contributed by atoms with Gasteiger partial charge in [0.25, 0.3) is 5.91 Å². The minimum absolute atomic E-state index is 0.351. The molecule has 2 aliphatic rings.